The minimum atomic E-state index is -0.431. The van der Waals surface area contributed by atoms with Crippen molar-refractivity contribution in [2.75, 3.05) is 6.54 Å². The van der Waals surface area contributed by atoms with E-state index in [0.717, 1.165) is 16.8 Å². The van der Waals surface area contributed by atoms with E-state index in [1.807, 2.05) is 49.0 Å². The highest BCUT2D eigenvalue weighted by atomic mass is 35.5. The third kappa shape index (κ3) is 3.95. The largest absolute Gasteiger partial charge is 0.392 e. The Balaban J connectivity index is 0.00000208. The fourth-order valence-electron chi connectivity index (χ4n) is 2.91. The number of nitrogens with one attached hydrogen (secondary N) is 2. The number of halogens is 1. The van der Waals surface area contributed by atoms with Crippen molar-refractivity contribution in [1.82, 2.24) is 20.4 Å². The van der Waals surface area contributed by atoms with Gasteiger partial charge in [0.2, 0.25) is 5.91 Å². The standard InChI is InChI=1S/C17H22N4O2.ClH/c1-11(20-17(23)15-9-14(22)10-18-15)12-3-5-13(6-4-12)16-7-8-19-21(16)2;/h3-8,11,14-15,18,22H,9-10H2,1-2H3,(H,20,23);1H/t11-,14+,15-;/m0./s1. The number of aliphatic hydroxyl groups excluding tert-OH is 1. The van der Waals surface area contributed by atoms with Crippen molar-refractivity contribution in [3.05, 3.63) is 42.1 Å². The number of aliphatic hydroxyl groups is 1. The van der Waals surface area contributed by atoms with Gasteiger partial charge in [0, 0.05) is 19.8 Å². The summed E-state index contributed by atoms with van der Waals surface area (Å²) in [5, 5.41) is 19.7. The van der Waals surface area contributed by atoms with Crippen LogP contribution in [0.15, 0.2) is 36.5 Å². The topological polar surface area (TPSA) is 79.2 Å². The van der Waals surface area contributed by atoms with E-state index in [1.54, 1.807) is 6.20 Å². The monoisotopic (exact) mass is 350 g/mol. The maximum absolute atomic E-state index is 12.2. The second kappa shape index (κ2) is 7.79. The Bertz CT molecular complexity index is 686. The molecule has 0 radical (unpaired) electrons. The molecule has 130 valence electrons. The molecule has 1 saturated heterocycles. The number of aryl methyl sites for hydroxylation is 1. The Morgan fingerprint density at radius 1 is 1.38 bits per heavy atom. The Morgan fingerprint density at radius 3 is 2.62 bits per heavy atom. The van der Waals surface area contributed by atoms with Crippen LogP contribution in [0.4, 0.5) is 0 Å². The van der Waals surface area contributed by atoms with Crippen molar-refractivity contribution in [3.8, 4) is 11.3 Å². The molecule has 24 heavy (non-hydrogen) atoms. The zero-order valence-corrected chi connectivity index (χ0v) is 14.6. The highest BCUT2D eigenvalue weighted by Crippen LogP contribution is 2.21. The molecule has 1 aromatic heterocycles. The molecule has 0 unspecified atom stereocenters. The number of amides is 1. The van der Waals surface area contributed by atoms with Gasteiger partial charge in [0.15, 0.2) is 0 Å². The van der Waals surface area contributed by atoms with Gasteiger partial charge in [-0.15, -0.1) is 12.4 Å². The fraction of sp³-hybridized carbons (Fsp3) is 0.412. The van der Waals surface area contributed by atoms with Crippen LogP contribution in [-0.2, 0) is 11.8 Å². The molecule has 2 heterocycles. The summed E-state index contributed by atoms with van der Waals surface area (Å²) in [5.41, 5.74) is 3.19. The van der Waals surface area contributed by atoms with E-state index in [-0.39, 0.29) is 30.4 Å². The van der Waals surface area contributed by atoms with E-state index < -0.39 is 6.10 Å². The van der Waals surface area contributed by atoms with Crippen molar-refractivity contribution < 1.29 is 9.90 Å². The van der Waals surface area contributed by atoms with Crippen LogP contribution in [0.5, 0.6) is 0 Å². The predicted molar refractivity (Wildman–Crippen MR) is 94.9 cm³/mol. The van der Waals surface area contributed by atoms with Crippen LogP contribution in [0.25, 0.3) is 11.3 Å². The van der Waals surface area contributed by atoms with Gasteiger partial charge >= 0.3 is 0 Å². The molecule has 1 fully saturated rings. The van der Waals surface area contributed by atoms with Crippen molar-refractivity contribution in [3.63, 3.8) is 0 Å². The molecular weight excluding hydrogens is 328 g/mol. The molecule has 7 heteroatoms. The lowest BCUT2D eigenvalue weighted by Gasteiger charge is -2.18. The number of carbonyl (C=O) groups is 1. The first-order valence-electron chi connectivity index (χ1n) is 7.85. The van der Waals surface area contributed by atoms with E-state index in [2.05, 4.69) is 15.7 Å². The highest BCUT2D eigenvalue weighted by molar-refractivity contribution is 5.85. The molecular formula is C17H23ClN4O2. The number of carbonyl (C=O) groups excluding carboxylic acids is 1. The van der Waals surface area contributed by atoms with Crippen LogP contribution in [-0.4, -0.2) is 39.5 Å². The quantitative estimate of drug-likeness (QED) is 0.779. The molecule has 1 aromatic carbocycles. The second-order valence-corrected chi connectivity index (χ2v) is 6.04. The Morgan fingerprint density at radius 2 is 2.08 bits per heavy atom. The van der Waals surface area contributed by atoms with Crippen LogP contribution in [0, 0.1) is 0 Å². The van der Waals surface area contributed by atoms with Gasteiger partial charge in [0.1, 0.15) is 0 Å². The number of aromatic nitrogens is 2. The predicted octanol–water partition coefficient (Wildman–Crippen LogP) is 1.41. The van der Waals surface area contributed by atoms with Crippen molar-refractivity contribution >= 4 is 18.3 Å². The van der Waals surface area contributed by atoms with E-state index in [4.69, 9.17) is 0 Å². The van der Waals surface area contributed by atoms with Gasteiger partial charge in [-0.1, -0.05) is 24.3 Å². The Hall–Kier alpha value is -1.89. The average Bonchev–Trinajstić information content (AvgIpc) is 3.16. The SMILES string of the molecule is C[C@H](NC(=O)[C@@H]1C[C@@H](O)CN1)c1ccc(-c2ccnn2C)cc1.Cl. The lowest BCUT2D eigenvalue weighted by atomic mass is 10.0. The van der Waals surface area contributed by atoms with E-state index in [9.17, 15) is 9.90 Å². The number of hydrogen-bond acceptors (Lipinski definition) is 4. The van der Waals surface area contributed by atoms with E-state index >= 15 is 0 Å². The van der Waals surface area contributed by atoms with Gasteiger partial charge in [-0.05, 0) is 30.5 Å². The summed E-state index contributed by atoms with van der Waals surface area (Å²) in [6, 6.07) is 9.69. The average molecular weight is 351 g/mol. The molecule has 0 bridgehead atoms. The minimum absolute atomic E-state index is 0. The zero-order valence-electron chi connectivity index (χ0n) is 13.8. The number of β-amino-alcohol motifs (C(OH)–C–C–N with tert-alkyl or cyclic N) is 1. The first kappa shape index (κ1) is 18.4. The molecule has 2 aromatic rings. The van der Waals surface area contributed by atoms with E-state index in [1.165, 1.54) is 0 Å². The van der Waals surface area contributed by atoms with Crippen molar-refractivity contribution in [1.29, 1.82) is 0 Å². The Kier molecular flexibility index (Phi) is 5.99. The molecule has 1 aliphatic rings. The molecule has 6 nitrogen and oxygen atoms in total. The molecule has 3 atom stereocenters. The summed E-state index contributed by atoms with van der Waals surface area (Å²) in [5.74, 6) is -0.0650. The molecule has 0 saturated carbocycles. The molecule has 0 aliphatic carbocycles. The molecule has 3 N–H and O–H groups in total. The summed E-state index contributed by atoms with van der Waals surface area (Å²) in [6.45, 7) is 2.44. The third-order valence-corrected chi connectivity index (χ3v) is 4.31. The van der Waals surface area contributed by atoms with Crippen LogP contribution < -0.4 is 10.6 Å². The van der Waals surface area contributed by atoms with Crippen molar-refractivity contribution in [2.24, 2.45) is 7.05 Å². The molecule has 0 spiro atoms. The second-order valence-electron chi connectivity index (χ2n) is 6.04. The summed E-state index contributed by atoms with van der Waals surface area (Å²) < 4.78 is 1.83. The van der Waals surface area contributed by atoms with Gasteiger partial charge in [-0.25, -0.2) is 0 Å². The van der Waals surface area contributed by atoms with E-state index in [0.29, 0.717) is 13.0 Å². The third-order valence-electron chi connectivity index (χ3n) is 4.31. The normalized spacial score (nSPS) is 21.1. The van der Waals surface area contributed by atoms with Crippen LogP contribution in [0.2, 0.25) is 0 Å². The molecule has 1 aliphatic heterocycles. The summed E-state index contributed by atoms with van der Waals surface area (Å²) in [4.78, 5) is 12.2. The number of rotatable bonds is 4. The van der Waals surface area contributed by atoms with Gasteiger partial charge in [0.25, 0.3) is 0 Å². The smallest absolute Gasteiger partial charge is 0.237 e. The Labute approximate surface area is 147 Å². The molecule has 3 rings (SSSR count). The maximum atomic E-state index is 12.2. The summed E-state index contributed by atoms with van der Waals surface area (Å²) in [6.07, 6.45) is 1.81. The van der Waals surface area contributed by atoms with Crippen LogP contribution in [0.1, 0.15) is 24.9 Å². The fourth-order valence-corrected chi connectivity index (χ4v) is 2.91. The highest BCUT2D eigenvalue weighted by Gasteiger charge is 2.28. The molecule has 1 amide bonds. The maximum Gasteiger partial charge on any atom is 0.237 e. The van der Waals surface area contributed by atoms with Gasteiger partial charge < -0.3 is 15.7 Å². The summed E-state index contributed by atoms with van der Waals surface area (Å²) >= 11 is 0. The lowest BCUT2D eigenvalue weighted by molar-refractivity contribution is -0.123. The number of hydrogen-bond donors (Lipinski definition) is 3. The first-order valence-corrected chi connectivity index (χ1v) is 7.85. The van der Waals surface area contributed by atoms with Gasteiger partial charge in [-0.3, -0.25) is 9.48 Å². The number of nitrogens with zero attached hydrogens (tertiary/aromatic N) is 2. The van der Waals surface area contributed by atoms with Crippen LogP contribution >= 0.6 is 12.4 Å². The van der Waals surface area contributed by atoms with Gasteiger partial charge in [0.05, 0.1) is 23.9 Å². The van der Waals surface area contributed by atoms with Crippen LogP contribution in [0.3, 0.4) is 0 Å². The van der Waals surface area contributed by atoms with Crippen molar-refractivity contribution in [2.45, 2.75) is 31.5 Å². The minimum Gasteiger partial charge on any atom is -0.392 e. The van der Waals surface area contributed by atoms with Gasteiger partial charge in [-0.2, -0.15) is 5.10 Å². The lowest BCUT2D eigenvalue weighted by Crippen LogP contribution is -2.41. The first-order chi connectivity index (χ1) is 11.0. The zero-order chi connectivity index (χ0) is 16.4. The number of benzene rings is 1. The summed E-state index contributed by atoms with van der Waals surface area (Å²) in [7, 11) is 1.91.